The maximum absolute atomic E-state index is 12.4. The topological polar surface area (TPSA) is 110 Å². The first-order chi connectivity index (χ1) is 16.4. The van der Waals surface area contributed by atoms with Crippen molar-refractivity contribution in [2.45, 2.75) is 65.2 Å². The third kappa shape index (κ3) is 6.02. The first-order valence-corrected chi connectivity index (χ1v) is 11.9. The molecule has 0 fully saturated rings. The highest BCUT2D eigenvalue weighted by Gasteiger charge is 2.36. The van der Waals surface area contributed by atoms with E-state index >= 15 is 0 Å². The number of hydrazine groups is 1. The molecule has 0 saturated carbocycles. The molecule has 1 aromatic carbocycles. The Morgan fingerprint density at radius 3 is 2.66 bits per heavy atom. The molecule has 0 radical (unpaired) electrons. The fourth-order valence-electron chi connectivity index (χ4n) is 4.12. The van der Waals surface area contributed by atoms with Gasteiger partial charge in [-0.15, -0.1) is 5.01 Å². The zero-order valence-electron chi connectivity index (χ0n) is 21.0. The third-order valence-electron chi connectivity index (χ3n) is 6.48. The Labute approximate surface area is 210 Å². The summed E-state index contributed by atoms with van der Waals surface area (Å²) in [5.41, 5.74) is 3.58. The van der Waals surface area contributed by atoms with Crippen molar-refractivity contribution in [1.29, 1.82) is 0 Å². The second-order valence-corrected chi connectivity index (χ2v) is 10.3. The number of fused-ring (bicyclic) bond motifs is 1. The maximum atomic E-state index is 12.4. The Morgan fingerprint density at radius 2 is 2.06 bits per heavy atom. The lowest BCUT2D eigenvalue weighted by molar-refractivity contribution is -0.719. The molecule has 3 atom stereocenters. The number of nitrogens with zero attached hydrogens (tertiary/aromatic N) is 4. The number of hydrogen-bond acceptors (Lipinski definition) is 6. The van der Waals surface area contributed by atoms with Crippen molar-refractivity contribution in [2.24, 2.45) is 11.2 Å². The average Bonchev–Trinajstić information content (AvgIpc) is 3.21. The number of hydrogen-bond donors (Lipinski definition) is 1. The molecule has 190 valence electrons. The van der Waals surface area contributed by atoms with Gasteiger partial charge in [0.25, 0.3) is 0 Å². The summed E-state index contributed by atoms with van der Waals surface area (Å²) in [6, 6.07) is 7.40. The number of aryl methyl sites for hydroxylation is 1. The first kappa shape index (κ1) is 26.7. The van der Waals surface area contributed by atoms with Crippen LogP contribution in [0.4, 0.5) is 0 Å². The summed E-state index contributed by atoms with van der Waals surface area (Å²) in [4.78, 5) is 22.5. The molecular weight excluding hydrogens is 472 g/mol. The summed E-state index contributed by atoms with van der Waals surface area (Å²) in [5, 5.41) is 27.8. The van der Waals surface area contributed by atoms with Crippen LogP contribution < -0.4 is 0 Å². The Balaban J connectivity index is 1.79. The second-order valence-electron chi connectivity index (χ2n) is 9.88. The molecule has 1 aliphatic heterocycles. The Kier molecular flexibility index (Phi) is 8.22. The average molecular weight is 505 g/mol. The molecule has 0 saturated heterocycles. The normalized spacial score (nSPS) is 17.6. The van der Waals surface area contributed by atoms with Gasteiger partial charge in [0.1, 0.15) is 12.7 Å². The van der Waals surface area contributed by atoms with Crippen molar-refractivity contribution in [3.05, 3.63) is 68.6 Å². The number of aromatic nitrogens is 1. The molecule has 3 rings (SSSR count). The van der Waals surface area contributed by atoms with E-state index in [1.807, 2.05) is 46.8 Å². The van der Waals surface area contributed by atoms with E-state index in [4.69, 9.17) is 21.2 Å². The van der Waals surface area contributed by atoms with Crippen LogP contribution in [-0.2, 0) is 21.0 Å². The van der Waals surface area contributed by atoms with Crippen LogP contribution in [0.1, 0.15) is 74.1 Å². The molecule has 1 aliphatic rings. The summed E-state index contributed by atoms with van der Waals surface area (Å²) in [6.07, 6.45) is 1.82. The molecule has 1 aromatic heterocycles. The lowest BCUT2D eigenvalue weighted by Crippen LogP contribution is -2.42. The van der Waals surface area contributed by atoms with Crippen LogP contribution in [0.2, 0.25) is 5.02 Å². The monoisotopic (exact) mass is 504 g/mol. The SMILES string of the molecule is Cc1ncc2c(c1C(C(=O)O)[C@H](C)CCON=[N+]([O-])N(C)C(C)(C)C)CO[C@H]2c1ccc(Cl)cc1. The Hall–Kier alpha value is -2.91. The van der Waals surface area contributed by atoms with Gasteiger partial charge in [0.2, 0.25) is 5.28 Å². The van der Waals surface area contributed by atoms with Gasteiger partial charge >= 0.3 is 5.97 Å². The van der Waals surface area contributed by atoms with Crippen molar-refractivity contribution >= 4 is 17.6 Å². The van der Waals surface area contributed by atoms with Gasteiger partial charge < -0.3 is 19.9 Å². The van der Waals surface area contributed by atoms with Gasteiger partial charge in [0.05, 0.1) is 30.1 Å². The van der Waals surface area contributed by atoms with Crippen LogP contribution in [0.25, 0.3) is 0 Å². The van der Waals surface area contributed by atoms with E-state index in [0.717, 1.165) is 16.7 Å². The lowest BCUT2D eigenvalue weighted by atomic mass is 9.81. The highest BCUT2D eigenvalue weighted by atomic mass is 35.5. The van der Waals surface area contributed by atoms with Crippen LogP contribution in [0.3, 0.4) is 0 Å². The van der Waals surface area contributed by atoms with Gasteiger partial charge in [-0.05, 0) is 68.9 Å². The predicted molar refractivity (Wildman–Crippen MR) is 131 cm³/mol. The fourth-order valence-corrected chi connectivity index (χ4v) is 4.24. The first-order valence-electron chi connectivity index (χ1n) is 11.5. The zero-order chi connectivity index (χ0) is 25.9. The smallest absolute Gasteiger partial charge is 0.311 e. The summed E-state index contributed by atoms with van der Waals surface area (Å²) < 4.78 is 6.07. The highest BCUT2D eigenvalue weighted by Crippen LogP contribution is 2.42. The highest BCUT2D eigenvalue weighted by molar-refractivity contribution is 6.30. The van der Waals surface area contributed by atoms with Gasteiger partial charge in [0, 0.05) is 22.5 Å². The fraction of sp³-hybridized carbons (Fsp3) is 0.520. The Bertz CT molecular complexity index is 1080. The van der Waals surface area contributed by atoms with Gasteiger partial charge in [0.15, 0.2) is 0 Å². The maximum Gasteiger partial charge on any atom is 0.311 e. The molecule has 0 spiro atoms. The molecule has 9 nitrogen and oxygen atoms in total. The van der Waals surface area contributed by atoms with E-state index in [0.29, 0.717) is 34.3 Å². The van der Waals surface area contributed by atoms with Crippen molar-refractivity contribution in [2.75, 3.05) is 13.7 Å². The van der Waals surface area contributed by atoms with Gasteiger partial charge in [-0.3, -0.25) is 9.78 Å². The summed E-state index contributed by atoms with van der Waals surface area (Å²) in [5.74, 6) is -2.06. The minimum Gasteiger partial charge on any atom is -0.569 e. The number of pyridine rings is 1. The van der Waals surface area contributed by atoms with Crippen LogP contribution in [-0.4, -0.2) is 45.2 Å². The molecule has 10 heteroatoms. The van der Waals surface area contributed by atoms with E-state index in [2.05, 4.69) is 10.3 Å². The summed E-state index contributed by atoms with van der Waals surface area (Å²) in [6.45, 7) is 9.70. The van der Waals surface area contributed by atoms with Gasteiger partial charge in [-0.2, -0.15) is 0 Å². The number of carbonyl (C=O) groups is 1. The third-order valence-corrected chi connectivity index (χ3v) is 6.73. The van der Waals surface area contributed by atoms with E-state index < -0.39 is 17.4 Å². The zero-order valence-corrected chi connectivity index (χ0v) is 21.7. The van der Waals surface area contributed by atoms with Crippen molar-refractivity contribution < 1.29 is 24.4 Å². The number of ether oxygens (including phenoxy) is 1. The molecule has 0 amide bonds. The summed E-state index contributed by atoms with van der Waals surface area (Å²) in [7, 11) is 1.62. The number of halogens is 1. The molecule has 0 aliphatic carbocycles. The molecule has 35 heavy (non-hydrogen) atoms. The number of carboxylic acids is 1. The number of aliphatic carboxylic acids is 1. The van der Waals surface area contributed by atoms with Crippen LogP contribution in [0.5, 0.6) is 0 Å². The molecule has 0 bridgehead atoms. The summed E-state index contributed by atoms with van der Waals surface area (Å²) >= 11 is 6.02. The lowest BCUT2D eigenvalue weighted by Gasteiger charge is -2.26. The predicted octanol–water partition coefficient (Wildman–Crippen LogP) is 5.40. The second kappa shape index (κ2) is 10.8. The van der Waals surface area contributed by atoms with Crippen molar-refractivity contribution in [1.82, 2.24) is 9.99 Å². The van der Waals surface area contributed by atoms with E-state index in [9.17, 15) is 15.1 Å². The van der Waals surface area contributed by atoms with Crippen LogP contribution in [0, 0.1) is 18.0 Å². The number of rotatable bonds is 9. The quantitative estimate of drug-likeness (QED) is 0.211. The largest absolute Gasteiger partial charge is 0.569 e. The molecule has 1 N–H and O–H groups in total. The van der Waals surface area contributed by atoms with Crippen molar-refractivity contribution in [3.8, 4) is 0 Å². The number of carboxylic acid groups (broad SMARTS) is 1. The van der Waals surface area contributed by atoms with Crippen LogP contribution >= 0.6 is 11.6 Å². The molecule has 1 unspecified atom stereocenters. The van der Waals surface area contributed by atoms with E-state index in [1.54, 1.807) is 25.4 Å². The van der Waals surface area contributed by atoms with Crippen LogP contribution in [0.15, 0.2) is 35.7 Å². The minimum absolute atomic E-state index is 0.104. The molecular formula is C25H33ClN4O5. The van der Waals surface area contributed by atoms with Gasteiger partial charge in [-0.25, -0.2) is 0 Å². The minimum atomic E-state index is -0.944. The van der Waals surface area contributed by atoms with E-state index in [1.165, 1.54) is 5.01 Å². The van der Waals surface area contributed by atoms with Crippen molar-refractivity contribution in [3.63, 3.8) is 0 Å². The standard InChI is InChI=1S/C25H33ClN4O5/c1-15(11-12-35-28-30(33)29(6)25(3,4)5)21(24(31)32)22-16(2)27-13-19-20(22)14-34-23(19)17-7-9-18(26)10-8-17/h7-10,13,15,21,23H,11-12,14H2,1-6H3,(H,31,32)/t15-,21?,23+/m1/s1. The van der Waals surface area contributed by atoms with Gasteiger partial charge in [-0.1, -0.05) is 30.7 Å². The Morgan fingerprint density at radius 1 is 1.40 bits per heavy atom. The number of benzene rings is 1. The van der Waals surface area contributed by atoms with E-state index in [-0.39, 0.29) is 18.6 Å². The molecule has 2 heterocycles. The molecule has 2 aromatic rings.